The first kappa shape index (κ1) is 29.3. The maximum absolute atomic E-state index is 14.7. The molecule has 0 saturated heterocycles. The van der Waals surface area contributed by atoms with E-state index in [9.17, 15) is 28.9 Å². The number of thiocarbonyl (C=S) groups is 1. The fourth-order valence-corrected chi connectivity index (χ4v) is 4.60. The van der Waals surface area contributed by atoms with Gasteiger partial charge < -0.3 is 20.7 Å². The number of aromatic nitrogens is 2. The summed E-state index contributed by atoms with van der Waals surface area (Å²) in [6.07, 6.45) is 2.10. The second-order valence-electron chi connectivity index (χ2n) is 9.33. The second kappa shape index (κ2) is 12.6. The van der Waals surface area contributed by atoms with Crippen molar-refractivity contribution < 1.29 is 28.4 Å². The van der Waals surface area contributed by atoms with Crippen molar-refractivity contribution >= 4 is 40.7 Å². The number of amides is 2. The molecule has 1 atom stereocenters. The third-order valence-electron chi connectivity index (χ3n) is 6.50. The van der Waals surface area contributed by atoms with Gasteiger partial charge in [0.2, 0.25) is 5.91 Å². The predicted octanol–water partition coefficient (Wildman–Crippen LogP) is 2.05. The van der Waals surface area contributed by atoms with Crippen LogP contribution in [-0.2, 0) is 40.3 Å². The average molecular weight is 583 g/mol. The van der Waals surface area contributed by atoms with Crippen molar-refractivity contribution in [3.63, 3.8) is 0 Å². The maximum atomic E-state index is 14.7. The number of nitro benzene ring substituents is 1. The van der Waals surface area contributed by atoms with Crippen LogP contribution in [-0.4, -0.2) is 61.6 Å². The molecule has 3 N–H and O–H groups in total. The molecule has 0 unspecified atom stereocenters. The van der Waals surface area contributed by atoms with Crippen molar-refractivity contribution in [3.05, 3.63) is 92.5 Å². The molecule has 0 bridgehead atoms. The van der Waals surface area contributed by atoms with Crippen LogP contribution in [0.4, 0.5) is 10.1 Å². The van der Waals surface area contributed by atoms with E-state index in [0.29, 0.717) is 18.5 Å². The van der Waals surface area contributed by atoms with Crippen molar-refractivity contribution in [1.29, 1.82) is 0 Å². The van der Waals surface area contributed by atoms with Gasteiger partial charge in [-0.1, -0.05) is 30.4 Å². The zero-order valence-corrected chi connectivity index (χ0v) is 22.9. The van der Waals surface area contributed by atoms with Gasteiger partial charge in [0.15, 0.2) is 0 Å². The Balaban J connectivity index is 1.55. The third-order valence-corrected chi connectivity index (χ3v) is 6.74. The lowest BCUT2D eigenvalue weighted by Crippen LogP contribution is -2.51. The number of hydrogen-bond donors (Lipinski definition) is 2. The van der Waals surface area contributed by atoms with E-state index in [4.69, 9.17) is 22.7 Å². The van der Waals surface area contributed by atoms with Crippen molar-refractivity contribution in [3.8, 4) is 0 Å². The van der Waals surface area contributed by atoms with E-state index in [2.05, 4.69) is 10.4 Å². The van der Waals surface area contributed by atoms with E-state index >= 15 is 0 Å². The van der Waals surface area contributed by atoms with Gasteiger partial charge in [0.25, 0.3) is 11.6 Å². The molecule has 1 aliphatic rings. The van der Waals surface area contributed by atoms with Crippen LogP contribution in [0.1, 0.15) is 39.7 Å². The van der Waals surface area contributed by atoms with Gasteiger partial charge in [-0.15, -0.1) is 0 Å². The topological polar surface area (TPSA) is 163 Å². The standard InChI is InChI=1S/C27H27FN6O6S/c1-2-40-24(35)15-33-14-18-13-32(10-9-22(18)31-33)27(37)23(11-16-3-6-19(7-4-16)34(38)39)30-26(36)20-8-5-17(25(29)41)12-21(20)28/h3-8,12,14,23H,2,9-11,13,15H2,1H3,(H2,29,41)(H,30,36)/t23-/m0/s1. The Bertz CT molecular complexity index is 1510. The van der Waals surface area contributed by atoms with Crippen LogP contribution in [0.15, 0.2) is 48.7 Å². The number of halogens is 1. The van der Waals surface area contributed by atoms with Crippen molar-refractivity contribution in [2.45, 2.75) is 38.9 Å². The summed E-state index contributed by atoms with van der Waals surface area (Å²) in [5.41, 5.74) is 7.42. The summed E-state index contributed by atoms with van der Waals surface area (Å²) in [6, 6.07) is 8.17. The number of non-ortho nitro benzene ring substituents is 1. The molecule has 0 fully saturated rings. The van der Waals surface area contributed by atoms with Gasteiger partial charge in [-0.2, -0.15) is 5.10 Å². The van der Waals surface area contributed by atoms with Gasteiger partial charge in [-0.3, -0.25) is 29.2 Å². The molecule has 0 aliphatic carbocycles. The van der Waals surface area contributed by atoms with Crippen LogP contribution in [0.2, 0.25) is 0 Å². The first-order valence-electron chi connectivity index (χ1n) is 12.7. The van der Waals surface area contributed by atoms with Crippen molar-refractivity contribution in [1.82, 2.24) is 20.0 Å². The number of benzene rings is 2. The minimum Gasteiger partial charge on any atom is -0.465 e. The summed E-state index contributed by atoms with van der Waals surface area (Å²) in [7, 11) is 0. The number of esters is 1. The molecule has 14 heteroatoms. The number of nitrogens with zero attached hydrogens (tertiary/aromatic N) is 4. The van der Waals surface area contributed by atoms with E-state index in [0.717, 1.165) is 17.3 Å². The largest absolute Gasteiger partial charge is 0.465 e. The van der Waals surface area contributed by atoms with Crippen molar-refractivity contribution in [2.75, 3.05) is 13.2 Å². The highest BCUT2D eigenvalue weighted by Crippen LogP contribution is 2.21. The van der Waals surface area contributed by atoms with Crippen LogP contribution in [0.3, 0.4) is 0 Å². The number of hydrogen-bond acceptors (Lipinski definition) is 8. The number of rotatable bonds is 10. The molecule has 0 saturated carbocycles. The highest BCUT2D eigenvalue weighted by Gasteiger charge is 2.31. The second-order valence-corrected chi connectivity index (χ2v) is 9.77. The molecule has 2 heterocycles. The Morgan fingerprint density at radius 1 is 1.24 bits per heavy atom. The molecule has 1 aliphatic heterocycles. The predicted molar refractivity (Wildman–Crippen MR) is 148 cm³/mol. The van der Waals surface area contributed by atoms with Gasteiger partial charge in [-0.25, -0.2) is 4.39 Å². The van der Waals surface area contributed by atoms with Gasteiger partial charge >= 0.3 is 5.97 Å². The van der Waals surface area contributed by atoms with Gasteiger partial charge in [0, 0.05) is 55.4 Å². The Morgan fingerprint density at radius 3 is 2.61 bits per heavy atom. The van der Waals surface area contributed by atoms with Crippen LogP contribution >= 0.6 is 12.2 Å². The third kappa shape index (κ3) is 7.08. The first-order chi connectivity index (χ1) is 19.5. The Kier molecular flexibility index (Phi) is 9.02. The summed E-state index contributed by atoms with van der Waals surface area (Å²) in [4.78, 5) is 50.7. The number of nitrogens with two attached hydrogens (primary N) is 1. The molecule has 12 nitrogen and oxygen atoms in total. The minimum absolute atomic E-state index is 0.000629. The Hall–Kier alpha value is -4.72. The molecular weight excluding hydrogens is 555 g/mol. The van der Waals surface area contributed by atoms with E-state index in [1.807, 2.05) is 0 Å². The Labute approximate surface area is 239 Å². The van der Waals surface area contributed by atoms with Crippen molar-refractivity contribution in [2.24, 2.45) is 5.73 Å². The molecular formula is C27H27FN6O6S. The highest BCUT2D eigenvalue weighted by atomic mass is 32.1. The number of fused-ring (bicyclic) bond motifs is 1. The van der Waals surface area contributed by atoms with Crippen LogP contribution in [0.25, 0.3) is 0 Å². The lowest BCUT2D eigenvalue weighted by Gasteiger charge is -2.30. The van der Waals surface area contributed by atoms with E-state index < -0.39 is 34.6 Å². The molecule has 2 amide bonds. The average Bonchev–Trinajstić information content (AvgIpc) is 3.33. The molecule has 4 rings (SSSR count). The molecule has 41 heavy (non-hydrogen) atoms. The Morgan fingerprint density at radius 2 is 1.98 bits per heavy atom. The monoisotopic (exact) mass is 582 g/mol. The summed E-state index contributed by atoms with van der Waals surface area (Å²) in [5, 5.41) is 18.1. The lowest BCUT2D eigenvalue weighted by molar-refractivity contribution is -0.384. The fraction of sp³-hybridized carbons (Fsp3) is 0.296. The molecule has 1 aromatic heterocycles. The zero-order valence-electron chi connectivity index (χ0n) is 22.0. The highest BCUT2D eigenvalue weighted by molar-refractivity contribution is 7.80. The van der Waals surface area contributed by atoms with Crippen LogP contribution < -0.4 is 11.1 Å². The maximum Gasteiger partial charge on any atom is 0.327 e. The van der Waals surface area contributed by atoms with Gasteiger partial charge in [-0.05, 0) is 24.6 Å². The summed E-state index contributed by atoms with van der Waals surface area (Å²) >= 11 is 4.86. The van der Waals surface area contributed by atoms with E-state index in [-0.39, 0.29) is 47.9 Å². The SMILES string of the molecule is CCOC(=O)Cn1cc2c(n1)CCN(C(=O)[C@H](Cc1ccc([N+](=O)[O-])cc1)NC(=O)c1ccc(C(N)=S)cc1F)C2. The fourth-order valence-electron chi connectivity index (χ4n) is 4.48. The number of nitro groups is 1. The first-order valence-corrected chi connectivity index (χ1v) is 13.1. The molecule has 214 valence electrons. The van der Waals surface area contributed by atoms with Crippen LogP contribution in [0.5, 0.6) is 0 Å². The number of carbonyl (C=O) groups excluding carboxylic acids is 3. The normalized spacial score (nSPS) is 13.2. The van der Waals surface area contributed by atoms with Gasteiger partial charge in [0.1, 0.15) is 23.4 Å². The van der Waals surface area contributed by atoms with E-state index in [1.165, 1.54) is 41.1 Å². The van der Waals surface area contributed by atoms with Crippen LogP contribution in [0, 0.1) is 15.9 Å². The minimum atomic E-state index is -1.12. The summed E-state index contributed by atoms with van der Waals surface area (Å²) in [5.74, 6) is -2.54. The molecule has 0 radical (unpaired) electrons. The van der Waals surface area contributed by atoms with Gasteiger partial charge in [0.05, 0.1) is 22.8 Å². The number of carbonyl (C=O) groups is 3. The number of nitrogens with one attached hydrogen (secondary N) is 1. The summed E-state index contributed by atoms with van der Waals surface area (Å²) in [6.45, 7) is 2.37. The number of ether oxygens (including phenoxy) is 1. The smallest absolute Gasteiger partial charge is 0.327 e. The quantitative estimate of drug-likeness (QED) is 0.158. The molecule has 2 aromatic carbocycles. The van der Waals surface area contributed by atoms with E-state index in [1.54, 1.807) is 18.0 Å². The molecule has 3 aromatic rings. The zero-order chi connectivity index (χ0) is 29.7. The summed E-state index contributed by atoms with van der Waals surface area (Å²) < 4.78 is 21.2. The molecule has 0 spiro atoms. The lowest BCUT2D eigenvalue weighted by atomic mass is 10.0.